The van der Waals surface area contributed by atoms with E-state index in [4.69, 9.17) is 0 Å². The van der Waals surface area contributed by atoms with Crippen LogP contribution in [0, 0.1) is 5.82 Å². The molecule has 3 rings (SSSR count). The Morgan fingerprint density at radius 3 is 2.73 bits per heavy atom. The standard InChI is InChI=1S/C20H26FN3OS/c1-24(20(25)16-10-12-26-14-16)11-4-2-3-5-18-13-19(23-22-18)15-6-8-17(21)9-7-15/h6-10,12,14,18-19,22-23H,2-5,11,13H2,1H3. The van der Waals surface area contributed by atoms with Crippen molar-refractivity contribution in [2.24, 2.45) is 0 Å². The fourth-order valence-corrected chi connectivity index (χ4v) is 3.98. The molecule has 1 aromatic carbocycles. The third kappa shape index (κ3) is 5.13. The Morgan fingerprint density at radius 2 is 2.00 bits per heavy atom. The van der Waals surface area contributed by atoms with Crippen molar-refractivity contribution in [1.29, 1.82) is 0 Å². The molecule has 1 saturated heterocycles. The summed E-state index contributed by atoms with van der Waals surface area (Å²) >= 11 is 1.55. The van der Waals surface area contributed by atoms with Gasteiger partial charge in [0.05, 0.1) is 5.56 Å². The van der Waals surface area contributed by atoms with Gasteiger partial charge in [-0.25, -0.2) is 4.39 Å². The van der Waals surface area contributed by atoms with Crippen LogP contribution < -0.4 is 10.9 Å². The molecule has 0 radical (unpaired) electrons. The van der Waals surface area contributed by atoms with Crippen molar-refractivity contribution in [3.05, 3.63) is 58.0 Å². The molecular formula is C20H26FN3OS. The molecule has 1 amide bonds. The summed E-state index contributed by atoms with van der Waals surface area (Å²) < 4.78 is 13.0. The van der Waals surface area contributed by atoms with E-state index >= 15 is 0 Å². The van der Waals surface area contributed by atoms with Crippen LogP contribution in [0.4, 0.5) is 4.39 Å². The maximum absolute atomic E-state index is 13.0. The van der Waals surface area contributed by atoms with Gasteiger partial charge in [-0.3, -0.25) is 15.6 Å². The molecule has 2 unspecified atom stereocenters. The quantitative estimate of drug-likeness (QED) is 0.682. The molecule has 1 fully saturated rings. The molecular weight excluding hydrogens is 349 g/mol. The molecule has 2 N–H and O–H groups in total. The first-order valence-electron chi connectivity index (χ1n) is 9.17. The first kappa shape index (κ1) is 19.0. The smallest absolute Gasteiger partial charge is 0.254 e. The van der Waals surface area contributed by atoms with Gasteiger partial charge in [-0.15, -0.1) is 0 Å². The molecule has 0 spiro atoms. The zero-order valence-corrected chi connectivity index (χ0v) is 15.9. The van der Waals surface area contributed by atoms with Gasteiger partial charge < -0.3 is 4.90 Å². The topological polar surface area (TPSA) is 44.4 Å². The van der Waals surface area contributed by atoms with Gasteiger partial charge in [0.15, 0.2) is 0 Å². The van der Waals surface area contributed by atoms with Crippen molar-refractivity contribution >= 4 is 17.2 Å². The van der Waals surface area contributed by atoms with Crippen LogP contribution in [0.5, 0.6) is 0 Å². The predicted octanol–water partition coefficient (Wildman–Crippen LogP) is 4.13. The molecule has 4 nitrogen and oxygen atoms in total. The summed E-state index contributed by atoms with van der Waals surface area (Å²) in [5.74, 6) is -0.0891. The molecule has 1 aliphatic rings. The van der Waals surface area contributed by atoms with Crippen molar-refractivity contribution in [3.63, 3.8) is 0 Å². The maximum Gasteiger partial charge on any atom is 0.254 e. The monoisotopic (exact) mass is 375 g/mol. The molecule has 0 saturated carbocycles. The number of nitrogens with one attached hydrogen (secondary N) is 2. The number of rotatable bonds is 8. The first-order valence-corrected chi connectivity index (χ1v) is 10.1. The second-order valence-corrected chi connectivity index (χ2v) is 7.69. The van der Waals surface area contributed by atoms with Gasteiger partial charge in [0.25, 0.3) is 5.91 Å². The fraction of sp³-hybridized carbons (Fsp3) is 0.450. The van der Waals surface area contributed by atoms with Gasteiger partial charge in [0.1, 0.15) is 5.82 Å². The van der Waals surface area contributed by atoms with Crippen molar-refractivity contribution in [2.45, 2.75) is 44.2 Å². The van der Waals surface area contributed by atoms with Crippen molar-refractivity contribution < 1.29 is 9.18 Å². The molecule has 6 heteroatoms. The third-order valence-corrected chi connectivity index (χ3v) is 5.60. The van der Waals surface area contributed by atoms with Crippen LogP contribution >= 0.6 is 11.3 Å². The Morgan fingerprint density at radius 1 is 1.19 bits per heavy atom. The Kier molecular flexibility index (Phi) is 6.77. The summed E-state index contributed by atoms with van der Waals surface area (Å²) in [5, 5.41) is 3.83. The van der Waals surface area contributed by atoms with E-state index in [0.29, 0.717) is 6.04 Å². The zero-order valence-electron chi connectivity index (χ0n) is 15.1. The molecule has 26 heavy (non-hydrogen) atoms. The number of hydrogen-bond donors (Lipinski definition) is 2. The van der Waals surface area contributed by atoms with Crippen LogP contribution in [0.2, 0.25) is 0 Å². The minimum atomic E-state index is -0.196. The lowest BCUT2D eigenvalue weighted by molar-refractivity contribution is 0.0793. The molecule has 140 valence electrons. The molecule has 2 atom stereocenters. The zero-order chi connectivity index (χ0) is 18.4. The number of unbranched alkanes of at least 4 members (excludes halogenated alkanes) is 2. The number of amides is 1. The van der Waals surface area contributed by atoms with Crippen LogP contribution in [0.25, 0.3) is 0 Å². The van der Waals surface area contributed by atoms with Gasteiger partial charge in [0.2, 0.25) is 0 Å². The predicted molar refractivity (Wildman–Crippen MR) is 104 cm³/mol. The van der Waals surface area contributed by atoms with Crippen LogP contribution in [-0.2, 0) is 0 Å². The Balaban J connectivity index is 1.31. The van der Waals surface area contributed by atoms with E-state index in [1.54, 1.807) is 11.3 Å². The van der Waals surface area contributed by atoms with E-state index in [0.717, 1.165) is 49.8 Å². The fourth-order valence-electron chi connectivity index (χ4n) is 3.35. The number of carbonyl (C=O) groups is 1. The van der Waals surface area contributed by atoms with E-state index in [-0.39, 0.29) is 17.8 Å². The van der Waals surface area contributed by atoms with Crippen LogP contribution in [0.15, 0.2) is 41.1 Å². The number of nitrogens with zero attached hydrogens (tertiary/aromatic N) is 1. The lowest BCUT2D eigenvalue weighted by Crippen LogP contribution is -2.30. The summed E-state index contributed by atoms with van der Waals surface area (Å²) in [5.41, 5.74) is 8.56. The number of thiophene rings is 1. The van der Waals surface area contributed by atoms with Gasteiger partial charge in [-0.05, 0) is 48.4 Å². The maximum atomic E-state index is 13.0. The lowest BCUT2D eigenvalue weighted by atomic mass is 9.99. The van der Waals surface area contributed by atoms with E-state index in [2.05, 4.69) is 10.9 Å². The minimum Gasteiger partial charge on any atom is -0.342 e. The Labute approximate surface area is 158 Å². The highest BCUT2D eigenvalue weighted by atomic mass is 32.1. The molecule has 2 heterocycles. The van der Waals surface area contributed by atoms with Gasteiger partial charge in [-0.2, -0.15) is 11.3 Å². The van der Waals surface area contributed by atoms with Crippen molar-refractivity contribution in [1.82, 2.24) is 15.8 Å². The Hall–Kier alpha value is -1.76. The second kappa shape index (κ2) is 9.26. The Bertz CT molecular complexity index is 690. The average Bonchev–Trinajstić information content (AvgIpc) is 3.33. The third-order valence-electron chi connectivity index (χ3n) is 4.92. The number of hydrogen-bond acceptors (Lipinski definition) is 4. The molecule has 0 bridgehead atoms. The molecule has 1 aromatic heterocycles. The molecule has 1 aliphatic heterocycles. The normalized spacial score (nSPS) is 19.6. The van der Waals surface area contributed by atoms with E-state index in [9.17, 15) is 9.18 Å². The number of hydrazine groups is 1. The van der Waals surface area contributed by atoms with Crippen molar-refractivity contribution in [2.75, 3.05) is 13.6 Å². The summed E-state index contributed by atoms with van der Waals surface area (Å²) in [7, 11) is 1.87. The average molecular weight is 376 g/mol. The number of carbonyl (C=O) groups excluding carboxylic acids is 1. The van der Waals surface area contributed by atoms with Gasteiger partial charge in [-0.1, -0.05) is 25.0 Å². The highest BCUT2D eigenvalue weighted by molar-refractivity contribution is 7.08. The van der Waals surface area contributed by atoms with Gasteiger partial charge >= 0.3 is 0 Å². The van der Waals surface area contributed by atoms with Crippen LogP contribution in [0.1, 0.15) is 54.1 Å². The van der Waals surface area contributed by atoms with E-state index in [1.807, 2.05) is 40.9 Å². The minimum absolute atomic E-state index is 0.107. The summed E-state index contributed by atoms with van der Waals surface area (Å²) in [6.45, 7) is 0.795. The molecule has 0 aliphatic carbocycles. The van der Waals surface area contributed by atoms with Crippen LogP contribution in [0.3, 0.4) is 0 Å². The summed E-state index contributed by atoms with van der Waals surface area (Å²) in [6, 6.07) is 9.27. The van der Waals surface area contributed by atoms with E-state index < -0.39 is 0 Å². The number of halogens is 1. The summed E-state index contributed by atoms with van der Waals surface area (Å²) in [6.07, 6.45) is 5.39. The van der Waals surface area contributed by atoms with Crippen LogP contribution in [-0.4, -0.2) is 30.4 Å². The summed E-state index contributed by atoms with van der Waals surface area (Å²) in [4.78, 5) is 14.0. The SMILES string of the molecule is CN(CCCCCC1CC(c2ccc(F)cc2)NN1)C(=O)c1ccsc1. The van der Waals surface area contributed by atoms with Gasteiger partial charge in [0, 0.05) is 31.1 Å². The van der Waals surface area contributed by atoms with E-state index in [1.165, 1.54) is 12.1 Å². The number of benzene rings is 1. The largest absolute Gasteiger partial charge is 0.342 e. The second-order valence-electron chi connectivity index (χ2n) is 6.91. The highest BCUT2D eigenvalue weighted by Crippen LogP contribution is 2.24. The highest BCUT2D eigenvalue weighted by Gasteiger charge is 2.24. The first-order chi connectivity index (χ1) is 12.6. The van der Waals surface area contributed by atoms with Crippen molar-refractivity contribution in [3.8, 4) is 0 Å². The lowest BCUT2D eigenvalue weighted by Gasteiger charge is -2.16. The molecule has 2 aromatic rings.